The molecule has 1 atom stereocenters. The molecule has 84 valence electrons. The minimum Gasteiger partial charge on any atom is -0.337 e. The maximum atomic E-state index is 5.90. The van der Waals surface area contributed by atoms with Gasteiger partial charge in [0.25, 0.3) is 0 Å². The van der Waals surface area contributed by atoms with Crippen LogP contribution in [0.4, 0.5) is 0 Å². The molecule has 6 heteroatoms. The third-order valence-electron chi connectivity index (χ3n) is 2.26. The van der Waals surface area contributed by atoms with Gasteiger partial charge in [-0.05, 0) is 12.0 Å². The highest BCUT2D eigenvalue weighted by molar-refractivity contribution is 5.46. The predicted molar refractivity (Wildman–Crippen MR) is 57.1 cm³/mol. The molecule has 16 heavy (non-hydrogen) atoms. The van der Waals surface area contributed by atoms with Crippen LogP contribution in [-0.4, -0.2) is 20.1 Å². The lowest BCUT2D eigenvalue weighted by molar-refractivity contribution is 0.325. The Kier molecular flexibility index (Phi) is 2.91. The molecular weight excluding hydrogens is 206 g/mol. The van der Waals surface area contributed by atoms with Crippen LogP contribution in [0, 0.1) is 5.92 Å². The zero-order valence-electron chi connectivity index (χ0n) is 9.16. The van der Waals surface area contributed by atoms with E-state index in [-0.39, 0.29) is 12.0 Å². The highest BCUT2D eigenvalue weighted by Crippen LogP contribution is 2.19. The van der Waals surface area contributed by atoms with Gasteiger partial charge in [-0.2, -0.15) is 4.98 Å². The summed E-state index contributed by atoms with van der Waals surface area (Å²) in [4.78, 5) is 12.1. The van der Waals surface area contributed by atoms with Crippen molar-refractivity contribution in [3.8, 4) is 11.5 Å². The first-order chi connectivity index (χ1) is 7.68. The molecule has 0 fully saturated rings. The van der Waals surface area contributed by atoms with E-state index in [9.17, 15) is 0 Å². The van der Waals surface area contributed by atoms with Crippen molar-refractivity contribution < 1.29 is 4.52 Å². The number of rotatable bonds is 3. The molecule has 0 saturated carbocycles. The molecule has 0 spiro atoms. The number of hydrogen-bond donors (Lipinski definition) is 1. The minimum atomic E-state index is -0.247. The summed E-state index contributed by atoms with van der Waals surface area (Å²) in [5.74, 6) is 1.12. The lowest BCUT2D eigenvalue weighted by Gasteiger charge is -2.09. The lowest BCUT2D eigenvalue weighted by atomic mass is 10.1. The van der Waals surface area contributed by atoms with E-state index in [1.807, 2.05) is 13.8 Å². The first kappa shape index (κ1) is 10.7. The third-order valence-corrected chi connectivity index (χ3v) is 2.26. The molecule has 0 saturated heterocycles. The van der Waals surface area contributed by atoms with Crippen molar-refractivity contribution in [3.63, 3.8) is 0 Å². The molecule has 6 nitrogen and oxygen atoms in total. The predicted octanol–water partition coefficient (Wildman–Crippen LogP) is 1.18. The van der Waals surface area contributed by atoms with Gasteiger partial charge in [0.2, 0.25) is 11.7 Å². The molecule has 2 aromatic heterocycles. The lowest BCUT2D eigenvalue weighted by Crippen LogP contribution is -2.16. The van der Waals surface area contributed by atoms with E-state index < -0.39 is 0 Å². The van der Waals surface area contributed by atoms with Crippen LogP contribution < -0.4 is 5.73 Å². The van der Waals surface area contributed by atoms with Gasteiger partial charge in [-0.3, -0.25) is 0 Å². The molecule has 2 N–H and O–H groups in total. The summed E-state index contributed by atoms with van der Waals surface area (Å²) in [7, 11) is 0. The van der Waals surface area contributed by atoms with E-state index in [4.69, 9.17) is 10.3 Å². The number of nitrogens with two attached hydrogens (primary N) is 1. The molecule has 0 radical (unpaired) electrons. The molecule has 2 aromatic rings. The first-order valence-electron chi connectivity index (χ1n) is 5.04. The van der Waals surface area contributed by atoms with Gasteiger partial charge in [-0.15, -0.1) is 0 Å². The maximum Gasteiger partial charge on any atom is 0.244 e. The van der Waals surface area contributed by atoms with E-state index in [1.54, 1.807) is 12.3 Å². The van der Waals surface area contributed by atoms with Crippen LogP contribution in [0.1, 0.15) is 25.8 Å². The van der Waals surface area contributed by atoms with E-state index in [0.717, 1.165) is 0 Å². The minimum absolute atomic E-state index is 0.247. The van der Waals surface area contributed by atoms with Gasteiger partial charge in [-0.1, -0.05) is 19.0 Å². The Labute approximate surface area is 92.9 Å². The zero-order chi connectivity index (χ0) is 11.5. The van der Waals surface area contributed by atoms with Crippen LogP contribution in [0.2, 0.25) is 0 Å². The molecule has 0 aliphatic carbocycles. The second-order valence-corrected chi connectivity index (χ2v) is 3.82. The SMILES string of the molecule is CC(C)[C@@H](N)c1nc(-c2ccncn2)no1. The standard InChI is InChI=1S/C10H13N5O/c1-6(2)8(11)10-14-9(15-16-10)7-3-4-12-5-13-7/h3-6,8H,11H2,1-2H3/t8-/m1/s1. The number of nitrogens with zero attached hydrogens (tertiary/aromatic N) is 4. The Hall–Kier alpha value is -1.82. The summed E-state index contributed by atoms with van der Waals surface area (Å²) in [6, 6.07) is 1.47. The Bertz CT molecular complexity index is 453. The van der Waals surface area contributed by atoms with Crippen molar-refractivity contribution in [2.45, 2.75) is 19.9 Å². The molecular formula is C10H13N5O. The van der Waals surface area contributed by atoms with Gasteiger partial charge >= 0.3 is 0 Å². The number of aromatic nitrogens is 4. The summed E-state index contributed by atoms with van der Waals surface area (Å²) in [6.07, 6.45) is 3.06. The number of hydrogen-bond acceptors (Lipinski definition) is 6. The topological polar surface area (TPSA) is 90.7 Å². The van der Waals surface area contributed by atoms with E-state index in [1.165, 1.54) is 6.33 Å². The summed E-state index contributed by atoms with van der Waals surface area (Å²) in [5.41, 5.74) is 6.53. The van der Waals surface area contributed by atoms with Crippen LogP contribution in [0.25, 0.3) is 11.5 Å². The van der Waals surface area contributed by atoms with Crippen molar-refractivity contribution in [1.29, 1.82) is 0 Å². The first-order valence-corrected chi connectivity index (χ1v) is 5.04. The van der Waals surface area contributed by atoms with Crippen LogP contribution in [0.15, 0.2) is 23.1 Å². The quantitative estimate of drug-likeness (QED) is 0.833. The average Bonchev–Trinajstić information content (AvgIpc) is 2.78. The van der Waals surface area contributed by atoms with Gasteiger partial charge in [0, 0.05) is 6.20 Å². The van der Waals surface area contributed by atoms with Gasteiger partial charge < -0.3 is 10.3 Å². The molecule has 2 heterocycles. The highest BCUT2D eigenvalue weighted by atomic mass is 16.5. The fourth-order valence-electron chi connectivity index (χ4n) is 1.18. The van der Waals surface area contributed by atoms with Crippen LogP contribution in [0.5, 0.6) is 0 Å². The van der Waals surface area contributed by atoms with E-state index in [0.29, 0.717) is 17.4 Å². The maximum absolute atomic E-state index is 5.90. The van der Waals surface area contributed by atoms with Crippen LogP contribution in [-0.2, 0) is 0 Å². The van der Waals surface area contributed by atoms with E-state index in [2.05, 4.69) is 20.1 Å². The summed E-state index contributed by atoms with van der Waals surface area (Å²) >= 11 is 0. The normalized spacial score (nSPS) is 13.0. The van der Waals surface area contributed by atoms with Crippen molar-refractivity contribution in [2.24, 2.45) is 11.7 Å². The van der Waals surface area contributed by atoms with Crippen LogP contribution in [0.3, 0.4) is 0 Å². The summed E-state index contributed by atoms with van der Waals surface area (Å²) < 4.78 is 5.10. The van der Waals surface area contributed by atoms with Gasteiger partial charge in [0.15, 0.2) is 0 Å². The molecule has 0 bridgehead atoms. The average molecular weight is 219 g/mol. The Morgan fingerprint density at radius 2 is 2.19 bits per heavy atom. The van der Waals surface area contributed by atoms with Gasteiger partial charge in [0.05, 0.1) is 6.04 Å². The fraction of sp³-hybridized carbons (Fsp3) is 0.400. The molecule has 2 rings (SSSR count). The Morgan fingerprint density at radius 1 is 1.38 bits per heavy atom. The highest BCUT2D eigenvalue weighted by Gasteiger charge is 2.18. The van der Waals surface area contributed by atoms with Crippen molar-refractivity contribution in [3.05, 3.63) is 24.5 Å². The van der Waals surface area contributed by atoms with Gasteiger partial charge in [-0.25, -0.2) is 9.97 Å². The molecule has 0 aliphatic heterocycles. The summed E-state index contributed by atoms with van der Waals surface area (Å²) in [6.45, 7) is 4.00. The molecule has 0 aromatic carbocycles. The molecule has 0 aliphatic rings. The summed E-state index contributed by atoms with van der Waals surface area (Å²) in [5, 5.41) is 3.83. The third kappa shape index (κ3) is 2.06. The van der Waals surface area contributed by atoms with Crippen molar-refractivity contribution >= 4 is 0 Å². The largest absolute Gasteiger partial charge is 0.337 e. The fourth-order valence-corrected chi connectivity index (χ4v) is 1.18. The second-order valence-electron chi connectivity index (χ2n) is 3.82. The van der Waals surface area contributed by atoms with Crippen molar-refractivity contribution in [1.82, 2.24) is 20.1 Å². The Balaban J connectivity index is 2.27. The Morgan fingerprint density at radius 3 is 2.81 bits per heavy atom. The zero-order valence-corrected chi connectivity index (χ0v) is 9.16. The smallest absolute Gasteiger partial charge is 0.244 e. The van der Waals surface area contributed by atoms with Crippen LogP contribution >= 0.6 is 0 Å². The molecule has 0 amide bonds. The van der Waals surface area contributed by atoms with E-state index >= 15 is 0 Å². The molecule has 0 unspecified atom stereocenters. The second kappa shape index (κ2) is 4.36. The van der Waals surface area contributed by atoms with Crippen molar-refractivity contribution in [2.75, 3.05) is 0 Å². The monoisotopic (exact) mass is 219 g/mol. The van der Waals surface area contributed by atoms with Gasteiger partial charge in [0.1, 0.15) is 12.0 Å².